The average molecular weight is 612 g/mol. The van der Waals surface area contributed by atoms with Crippen molar-refractivity contribution in [1.29, 1.82) is 0 Å². The van der Waals surface area contributed by atoms with Gasteiger partial charge in [-0.25, -0.2) is 20.4 Å². The third-order valence-electron chi connectivity index (χ3n) is 9.72. The zero-order valence-electron chi connectivity index (χ0n) is 27.7. The van der Waals surface area contributed by atoms with Gasteiger partial charge in [-0.3, -0.25) is 4.79 Å². The molecule has 3 N–H and O–H groups in total. The molecular formula is C31H53N3O9. The van der Waals surface area contributed by atoms with Crippen molar-refractivity contribution in [1.82, 2.24) is 9.91 Å². The lowest BCUT2D eigenvalue weighted by Crippen LogP contribution is -2.59. The van der Waals surface area contributed by atoms with E-state index >= 15 is 0 Å². The van der Waals surface area contributed by atoms with Gasteiger partial charge in [-0.05, 0) is 61.1 Å². The van der Waals surface area contributed by atoms with Crippen LogP contribution >= 0.6 is 0 Å². The van der Waals surface area contributed by atoms with Gasteiger partial charge >= 0.3 is 12.1 Å². The molecule has 2 saturated heterocycles. The highest BCUT2D eigenvalue weighted by Gasteiger charge is 2.59. The number of fused-ring (bicyclic) bond motifs is 1. The van der Waals surface area contributed by atoms with Gasteiger partial charge in [0, 0.05) is 36.5 Å². The quantitative estimate of drug-likeness (QED) is 0.268. The molecule has 3 aliphatic rings. The number of likely N-dealkylation sites (N-methyl/N-ethyl adjacent to an activating group) is 1. The molecule has 0 unspecified atom stereocenters. The van der Waals surface area contributed by atoms with E-state index in [0.717, 1.165) is 5.01 Å². The van der Waals surface area contributed by atoms with Crippen LogP contribution in [0.5, 0.6) is 0 Å². The number of ether oxygens (including phenoxy) is 5. The van der Waals surface area contributed by atoms with Crippen molar-refractivity contribution in [3.05, 3.63) is 11.6 Å². The molecule has 3 aliphatic heterocycles. The predicted molar refractivity (Wildman–Crippen MR) is 158 cm³/mol. The molecule has 0 bridgehead atoms. The van der Waals surface area contributed by atoms with Crippen molar-refractivity contribution in [2.45, 2.75) is 129 Å². The summed E-state index contributed by atoms with van der Waals surface area (Å²) in [6, 6.07) is -1.07. The molecule has 12 heteroatoms. The molecule has 0 spiro atoms. The molecule has 0 radical (unpaired) electrons. The monoisotopic (exact) mass is 611 g/mol. The number of esters is 1. The van der Waals surface area contributed by atoms with Gasteiger partial charge in [-0.2, -0.15) is 0 Å². The highest BCUT2D eigenvalue weighted by Crippen LogP contribution is 2.41. The van der Waals surface area contributed by atoms with E-state index in [-0.39, 0.29) is 24.3 Å². The fourth-order valence-corrected chi connectivity index (χ4v) is 7.31. The first kappa shape index (κ1) is 35.4. The highest BCUT2D eigenvalue weighted by molar-refractivity contribution is 5.88. The first-order chi connectivity index (χ1) is 19.9. The number of hydrogen-bond donors (Lipinski definition) is 2. The second-order valence-corrected chi connectivity index (χ2v) is 13.4. The first-order valence-corrected chi connectivity index (χ1v) is 15.3. The van der Waals surface area contributed by atoms with Crippen LogP contribution in [-0.2, 0) is 33.3 Å². The molecule has 43 heavy (non-hydrogen) atoms. The van der Waals surface area contributed by atoms with E-state index in [1.165, 1.54) is 0 Å². The average Bonchev–Trinajstić information content (AvgIpc) is 3.17. The minimum Gasteiger partial charge on any atom is -0.455 e. The Bertz CT molecular complexity index is 1070. The Morgan fingerprint density at radius 1 is 1.16 bits per heavy atom. The molecule has 0 aromatic rings. The fraction of sp³-hybridized carbons (Fsp3) is 0.839. The SMILES string of the molecule is CC[C@H]1OC(=O)/C(C)=C/[C@H](C)[C@@H](O[C@@H]2O[C@H](C)C[C@H](N(C)C)[C@H]2O)[C@@](C)(OC)C[C@@H](C)C(=O)[C@@H](C)[C@H]2N(N)C(=O)O[C@]12C. The van der Waals surface area contributed by atoms with Gasteiger partial charge in [0.25, 0.3) is 0 Å². The van der Waals surface area contributed by atoms with E-state index in [2.05, 4.69) is 0 Å². The van der Waals surface area contributed by atoms with Crippen molar-refractivity contribution in [2.24, 2.45) is 23.6 Å². The van der Waals surface area contributed by atoms with Gasteiger partial charge in [-0.15, -0.1) is 0 Å². The van der Waals surface area contributed by atoms with Crippen LogP contribution in [0.25, 0.3) is 0 Å². The number of hydrazine groups is 1. The molecule has 0 aromatic carbocycles. The van der Waals surface area contributed by atoms with Crippen molar-refractivity contribution in [3.63, 3.8) is 0 Å². The topological polar surface area (TPSA) is 150 Å². The molecule has 246 valence electrons. The molecule has 2 fully saturated rings. The Morgan fingerprint density at radius 2 is 1.79 bits per heavy atom. The molecule has 3 heterocycles. The van der Waals surface area contributed by atoms with E-state index in [1.54, 1.807) is 34.0 Å². The maximum Gasteiger partial charge on any atom is 0.425 e. The summed E-state index contributed by atoms with van der Waals surface area (Å²) in [7, 11) is 5.35. The van der Waals surface area contributed by atoms with Crippen LogP contribution in [0, 0.1) is 17.8 Å². The number of ketones is 1. The van der Waals surface area contributed by atoms with Crippen molar-refractivity contribution in [3.8, 4) is 0 Å². The van der Waals surface area contributed by atoms with Crippen LogP contribution in [0.15, 0.2) is 11.6 Å². The van der Waals surface area contributed by atoms with Crippen molar-refractivity contribution in [2.75, 3.05) is 21.2 Å². The third kappa shape index (κ3) is 6.94. The van der Waals surface area contributed by atoms with E-state index in [0.29, 0.717) is 18.4 Å². The first-order valence-electron chi connectivity index (χ1n) is 15.3. The van der Waals surface area contributed by atoms with E-state index < -0.39 is 71.7 Å². The summed E-state index contributed by atoms with van der Waals surface area (Å²) in [4.78, 5) is 42.1. The number of amides is 1. The summed E-state index contributed by atoms with van der Waals surface area (Å²) in [6.45, 7) is 14.3. The lowest BCUT2D eigenvalue weighted by Gasteiger charge is -2.46. The van der Waals surface area contributed by atoms with E-state index in [4.69, 9.17) is 29.5 Å². The number of Topliss-reactive ketones (excluding diaryl/α,β-unsaturated/α-hetero) is 1. The van der Waals surface area contributed by atoms with Crippen LogP contribution in [-0.4, -0.2) is 108 Å². The Morgan fingerprint density at radius 3 is 2.35 bits per heavy atom. The second-order valence-electron chi connectivity index (χ2n) is 13.4. The van der Waals surface area contributed by atoms with Crippen molar-refractivity contribution < 1.29 is 43.2 Å². The summed E-state index contributed by atoms with van der Waals surface area (Å²) in [6.07, 6.45) is -1.53. The van der Waals surface area contributed by atoms with Gasteiger partial charge in [-0.1, -0.05) is 33.8 Å². The molecule has 0 aromatic heterocycles. The van der Waals surface area contributed by atoms with Crippen LogP contribution in [0.2, 0.25) is 0 Å². The smallest absolute Gasteiger partial charge is 0.425 e. The molecule has 1 amide bonds. The fourth-order valence-electron chi connectivity index (χ4n) is 7.31. The Hall–Kier alpha value is -2.09. The number of aliphatic hydroxyl groups excluding tert-OH is 1. The predicted octanol–water partition coefficient (Wildman–Crippen LogP) is 2.81. The lowest BCUT2D eigenvalue weighted by molar-refractivity contribution is -0.294. The summed E-state index contributed by atoms with van der Waals surface area (Å²) in [5, 5.41) is 12.2. The van der Waals surface area contributed by atoms with Crippen LogP contribution in [0.4, 0.5) is 4.79 Å². The maximum absolute atomic E-state index is 14.0. The Kier molecular flexibility index (Phi) is 11.1. The zero-order valence-corrected chi connectivity index (χ0v) is 27.7. The summed E-state index contributed by atoms with van der Waals surface area (Å²) in [5.74, 6) is 3.70. The second kappa shape index (κ2) is 13.5. The van der Waals surface area contributed by atoms with Crippen molar-refractivity contribution >= 4 is 17.8 Å². The number of hydrogen-bond acceptors (Lipinski definition) is 11. The van der Waals surface area contributed by atoms with Crippen LogP contribution in [0.3, 0.4) is 0 Å². The number of methoxy groups -OCH3 is 1. The summed E-state index contributed by atoms with van der Waals surface area (Å²) < 4.78 is 30.5. The number of cyclic esters (lactones) is 1. The standard InChI is InChI=1S/C31H53N3O9/c1-12-22-31(8)25(34(32)29(38)43-31)20(6)23(35)18(4)15-30(7,39-11)26(16(2)13-17(3)27(37)41-22)42-28-24(36)21(33(9)10)14-19(5)40-28/h13,16,18-22,24-26,28,36H,12,14-15,32H2,1-11H3/b17-13+/t16-,18+,19+,20+,21-,22+,24+,25+,26+,28-,30-,31+/m0/s1. The van der Waals surface area contributed by atoms with Gasteiger partial charge in [0.15, 0.2) is 11.9 Å². The Labute approximate surface area is 256 Å². The minimum atomic E-state index is -1.36. The number of carbonyl (C=O) groups is 3. The number of nitrogens with two attached hydrogens (primary N) is 1. The summed E-state index contributed by atoms with van der Waals surface area (Å²) >= 11 is 0. The highest BCUT2D eigenvalue weighted by atomic mass is 16.7. The van der Waals surface area contributed by atoms with Crippen LogP contribution in [0.1, 0.15) is 74.7 Å². The zero-order chi connectivity index (χ0) is 32.6. The summed E-state index contributed by atoms with van der Waals surface area (Å²) in [5.41, 5.74) is -2.09. The molecule has 3 rings (SSSR count). The van der Waals surface area contributed by atoms with Gasteiger partial charge < -0.3 is 33.7 Å². The normalized spacial score (nSPS) is 44.7. The van der Waals surface area contributed by atoms with Gasteiger partial charge in [0.1, 0.15) is 24.0 Å². The molecule has 0 aliphatic carbocycles. The largest absolute Gasteiger partial charge is 0.455 e. The third-order valence-corrected chi connectivity index (χ3v) is 9.72. The Balaban J connectivity index is 2.11. The van der Waals surface area contributed by atoms with Gasteiger partial charge in [0.05, 0.1) is 17.8 Å². The number of nitrogens with zero attached hydrogens (tertiary/aromatic N) is 2. The van der Waals surface area contributed by atoms with E-state index in [1.807, 2.05) is 53.6 Å². The maximum atomic E-state index is 14.0. The molecule has 12 nitrogen and oxygen atoms in total. The van der Waals surface area contributed by atoms with Crippen LogP contribution < -0.4 is 5.84 Å². The molecule has 0 saturated carbocycles. The lowest BCUT2D eigenvalue weighted by atomic mass is 9.74. The minimum absolute atomic E-state index is 0.153. The number of aliphatic hydroxyl groups is 1. The van der Waals surface area contributed by atoms with E-state index in [9.17, 15) is 19.5 Å². The number of carbonyl (C=O) groups excluding carboxylic acids is 3. The van der Waals surface area contributed by atoms with Gasteiger partial charge in [0.2, 0.25) is 0 Å². The molecular weight excluding hydrogens is 558 g/mol. The molecule has 12 atom stereocenters. The number of rotatable bonds is 5.